The van der Waals surface area contributed by atoms with Crippen LogP contribution in [0.15, 0.2) is 24.4 Å². The van der Waals surface area contributed by atoms with Crippen LogP contribution in [-0.2, 0) is 4.74 Å². The third-order valence-corrected chi connectivity index (χ3v) is 2.43. The van der Waals surface area contributed by atoms with Gasteiger partial charge in [-0.25, -0.2) is 0 Å². The molecule has 1 rings (SSSR count). The zero-order valence-corrected chi connectivity index (χ0v) is 8.38. The van der Waals surface area contributed by atoms with Crippen molar-refractivity contribution >= 4 is 0 Å². The van der Waals surface area contributed by atoms with E-state index >= 15 is 0 Å². The molecule has 0 aliphatic carbocycles. The lowest BCUT2D eigenvalue weighted by atomic mass is 10.1. The molecular weight excluding hydrogens is 162 g/mol. The molecule has 0 aromatic carbocycles. The zero-order valence-electron chi connectivity index (χ0n) is 8.38. The van der Waals surface area contributed by atoms with Crippen molar-refractivity contribution in [1.29, 1.82) is 0 Å². The third-order valence-electron chi connectivity index (χ3n) is 2.43. The van der Waals surface area contributed by atoms with Crippen molar-refractivity contribution in [3.63, 3.8) is 0 Å². The Hall–Kier alpha value is -0.760. The average Bonchev–Trinajstić information content (AvgIpc) is 2.28. The summed E-state index contributed by atoms with van der Waals surface area (Å²) in [6.45, 7) is 3.79. The summed E-state index contributed by atoms with van der Waals surface area (Å²) in [4.78, 5) is 0. The minimum atomic E-state index is 0.174. The molecule has 0 saturated carbocycles. The number of methoxy groups -OCH3 is 1. The summed E-state index contributed by atoms with van der Waals surface area (Å²) in [6.07, 6.45) is 10.1. The number of allylic oxidation sites excluding steroid dienone is 2. The van der Waals surface area contributed by atoms with Crippen LogP contribution in [0.2, 0.25) is 0 Å². The minimum absolute atomic E-state index is 0.174. The Kier molecular flexibility index (Phi) is 4.61. The third kappa shape index (κ3) is 3.64. The van der Waals surface area contributed by atoms with E-state index < -0.39 is 0 Å². The standard InChI is InChI=1S/C11H19NO/c1-3-10-7-5-4-6-8-11(13-2)12-9-10/h3,9,11-12H,1,4-8H2,2H3/b10-9-. The van der Waals surface area contributed by atoms with Crippen molar-refractivity contribution in [3.8, 4) is 0 Å². The highest BCUT2D eigenvalue weighted by Gasteiger charge is 2.06. The highest BCUT2D eigenvalue weighted by atomic mass is 16.5. The molecule has 0 amide bonds. The van der Waals surface area contributed by atoms with E-state index in [1.54, 1.807) is 7.11 Å². The van der Waals surface area contributed by atoms with Crippen LogP contribution in [0.3, 0.4) is 0 Å². The topological polar surface area (TPSA) is 21.3 Å². The van der Waals surface area contributed by atoms with Crippen LogP contribution in [0.25, 0.3) is 0 Å². The van der Waals surface area contributed by atoms with E-state index in [0.29, 0.717) is 0 Å². The van der Waals surface area contributed by atoms with Crippen LogP contribution >= 0.6 is 0 Å². The molecule has 1 aliphatic rings. The SMILES string of the molecule is C=C/C1=C/NC(OC)CCCCC1. The quantitative estimate of drug-likeness (QED) is 0.707. The van der Waals surface area contributed by atoms with Crippen molar-refractivity contribution in [2.24, 2.45) is 0 Å². The summed E-state index contributed by atoms with van der Waals surface area (Å²) in [5.74, 6) is 0. The number of rotatable bonds is 2. The highest BCUT2D eigenvalue weighted by molar-refractivity contribution is 5.15. The fourth-order valence-corrected chi connectivity index (χ4v) is 1.54. The van der Waals surface area contributed by atoms with Crippen LogP contribution in [0, 0.1) is 0 Å². The van der Waals surface area contributed by atoms with Gasteiger partial charge in [-0.15, -0.1) is 0 Å². The summed E-state index contributed by atoms with van der Waals surface area (Å²) in [7, 11) is 1.75. The molecule has 1 unspecified atom stereocenters. The second-order valence-electron chi connectivity index (χ2n) is 3.41. The van der Waals surface area contributed by atoms with Crippen LogP contribution in [0.4, 0.5) is 0 Å². The first-order valence-corrected chi connectivity index (χ1v) is 4.97. The molecule has 1 aliphatic heterocycles. The largest absolute Gasteiger partial charge is 0.366 e. The Balaban J connectivity index is 2.52. The monoisotopic (exact) mass is 181 g/mol. The van der Waals surface area contributed by atoms with Gasteiger partial charge >= 0.3 is 0 Å². The van der Waals surface area contributed by atoms with Gasteiger partial charge in [0.15, 0.2) is 0 Å². The van der Waals surface area contributed by atoms with Gasteiger partial charge in [-0.2, -0.15) is 0 Å². The van der Waals surface area contributed by atoms with Crippen LogP contribution in [0.1, 0.15) is 32.1 Å². The molecule has 0 aromatic heterocycles. The highest BCUT2D eigenvalue weighted by Crippen LogP contribution is 2.14. The van der Waals surface area contributed by atoms with Gasteiger partial charge in [0.2, 0.25) is 0 Å². The molecule has 74 valence electrons. The lowest BCUT2D eigenvalue weighted by Crippen LogP contribution is -2.26. The van der Waals surface area contributed by atoms with E-state index in [0.717, 1.165) is 12.8 Å². The molecule has 13 heavy (non-hydrogen) atoms. The maximum absolute atomic E-state index is 5.29. The molecule has 2 heteroatoms. The zero-order chi connectivity index (χ0) is 9.52. The number of nitrogens with one attached hydrogen (secondary N) is 1. The molecule has 1 N–H and O–H groups in total. The van der Waals surface area contributed by atoms with Gasteiger partial charge in [0.25, 0.3) is 0 Å². The molecule has 0 bridgehead atoms. The molecular formula is C11H19NO. The molecule has 1 heterocycles. The minimum Gasteiger partial charge on any atom is -0.366 e. The Morgan fingerprint density at radius 1 is 1.54 bits per heavy atom. The van der Waals surface area contributed by atoms with Crippen molar-refractivity contribution < 1.29 is 4.74 Å². The normalized spacial score (nSPS) is 28.7. The Labute approximate surface area is 80.7 Å². The van der Waals surface area contributed by atoms with E-state index in [-0.39, 0.29) is 6.23 Å². The van der Waals surface area contributed by atoms with Gasteiger partial charge in [-0.05, 0) is 31.3 Å². The second-order valence-corrected chi connectivity index (χ2v) is 3.41. The summed E-state index contributed by atoms with van der Waals surface area (Å²) in [6, 6.07) is 0. The summed E-state index contributed by atoms with van der Waals surface area (Å²) in [5.41, 5.74) is 1.28. The molecule has 0 spiro atoms. The molecule has 0 radical (unpaired) electrons. The van der Waals surface area contributed by atoms with Gasteiger partial charge in [-0.1, -0.05) is 19.1 Å². The first-order valence-electron chi connectivity index (χ1n) is 4.97. The lowest BCUT2D eigenvalue weighted by molar-refractivity contribution is 0.0767. The predicted molar refractivity (Wildman–Crippen MR) is 55.3 cm³/mol. The molecule has 0 fully saturated rings. The number of hydrogen-bond acceptors (Lipinski definition) is 2. The predicted octanol–water partition coefficient (Wildman–Crippen LogP) is 2.58. The van der Waals surface area contributed by atoms with E-state index in [1.165, 1.54) is 24.8 Å². The van der Waals surface area contributed by atoms with Crippen LogP contribution < -0.4 is 5.32 Å². The summed E-state index contributed by atoms with van der Waals surface area (Å²) < 4.78 is 5.29. The first-order chi connectivity index (χ1) is 6.36. The van der Waals surface area contributed by atoms with Crippen LogP contribution in [-0.4, -0.2) is 13.3 Å². The lowest BCUT2D eigenvalue weighted by Gasteiger charge is -2.14. The second kappa shape index (κ2) is 5.81. The van der Waals surface area contributed by atoms with Crippen molar-refractivity contribution in [3.05, 3.63) is 24.4 Å². The van der Waals surface area contributed by atoms with E-state index in [2.05, 4.69) is 11.9 Å². The smallest absolute Gasteiger partial charge is 0.126 e. The van der Waals surface area contributed by atoms with Gasteiger partial charge in [0.1, 0.15) is 6.23 Å². The van der Waals surface area contributed by atoms with E-state index in [9.17, 15) is 0 Å². The van der Waals surface area contributed by atoms with Crippen LogP contribution in [0.5, 0.6) is 0 Å². The maximum atomic E-state index is 5.29. The Morgan fingerprint density at radius 3 is 3.08 bits per heavy atom. The molecule has 0 aromatic rings. The Bertz CT molecular complexity index is 187. The molecule has 2 nitrogen and oxygen atoms in total. The van der Waals surface area contributed by atoms with Crippen molar-refractivity contribution in [2.75, 3.05) is 7.11 Å². The summed E-state index contributed by atoms with van der Waals surface area (Å²) in [5, 5.41) is 3.26. The average molecular weight is 181 g/mol. The van der Waals surface area contributed by atoms with E-state index in [4.69, 9.17) is 4.74 Å². The van der Waals surface area contributed by atoms with E-state index in [1.807, 2.05) is 12.3 Å². The molecule has 1 atom stereocenters. The number of ether oxygens (including phenoxy) is 1. The van der Waals surface area contributed by atoms with Crippen molar-refractivity contribution in [1.82, 2.24) is 5.32 Å². The fourth-order valence-electron chi connectivity index (χ4n) is 1.54. The summed E-state index contributed by atoms with van der Waals surface area (Å²) >= 11 is 0. The maximum Gasteiger partial charge on any atom is 0.126 e. The van der Waals surface area contributed by atoms with Gasteiger partial charge < -0.3 is 10.1 Å². The number of hydrogen-bond donors (Lipinski definition) is 1. The first kappa shape index (κ1) is 10.3. The van der Waals surface area contributed by atoms with Gasteiger partial charge in [0, 0.05) is 13.3 Å². The fraction of sp³-hybridized carbons (Fsp3) is 0.636. The van der Waals surface area contributed by atoms with Gasteiger partial charge in [0.05, 0.1) is 0 Å². The Morgan fingerprint density at radius 2 is 2.38 bits per heavy atom. The van der Waals surface area contributed by atoms with Crippen molar-refractivity contribution in [2.45, 2.75) is 38.3 Å². The van der Waals surface area contributed by atoms with Gasteiger partial charge in [-0.3, -0.25) is 0 Å². The molecule has 0 saturated heterocycles.